The van der Waals surface area contributed by atoms with Crippen LogP contribution in [0, 0.1) is 0 Å². The van der Waals surface area contributed by atoms with Crippen molar-refractivity contribution >= 4 is 55.2 Å². The summed E-state index contributed by atoms with van der Waals surface area (Å²) >= 11 is 0. The summed E-state index contributed by atoms with van der Waals surface area (Å²) in [7, 11) is -7.02. The third-order valence-electron chi connectivity index (χ3n) is 13.7. The Kier molecular flexibility index (Phi) is 18.8. The van der Waals surface area contributed by atoms with E-state index in [1.165, 1.54) is 19.1 Å². The number of alkyl carbamates (subject to hydrolysis) is 1. The van der Waals surface area contributed by atoms with Crippen LogP contribution >= 0.6 is 0 Å². The number of rotatable bonds is 19. The van der Waals surface area contributed by atoms with Gasteiger partial charge in [-0.2, -0.15) is 0 Å². The van der Waals surface area contributed by atoms with E-state index in [0.717, 1.165) is 7.11 Å². The molecular weight excluding hydrogens is 987 g/mol. The van der Waals surface area contributed by atoms with E-state index < -0.39 is 135 Å². The van der Waals surface area contributed by atoms with E-state index in [4.69, 9.17) is 55.6 Å². The average molecular weight is 1060 g/mol. The molecule has 4 saturated heterocycles. The average Bonchev–Trinajstić information content (AvgIpc) is 3.58. The maximum absolute atomic E-state index is 14.4. The number of carbonyl (C=O) groups is 5. The fraction of sp³-hybridized carbons (Fsp3) is 0.660. The molecule has 6 rings (SSSR count). The predicted octanol–water partition coefficient (Wildman–Crippen LogP) is 6.92. The van der Waals surface area contributed by atoms with Crippen LogP contribution in [0.4, 0.5) is 4.79 Å². The Labute approximate surface area is 425 Å². The van der Waals surface area contributed by atoms with E-state index >= 15 is 0 Å². The van der Waals surface area contributed by atoms with Crippen LogP contribution < -0.4 is 5.32 Å². The zero-order valence-corrected chi connectivity index (χ0v) is 46.8. The zero-order chi connectivity index (χ0) is 52.9. The first-order valence-electron chi connectivity index (χ1n) is 24.9. The molecule has 400 valence electrons. The molecule has 72 heavy (non-hydrogen) atoms. The minimum absolute atomic E-state index is 0.00931. The maximum Gasteiger partial charge on any atom is 0.407 e. The number of methoxy groups -OCH3 is 1. The Morgan fingerprint density at radius 1 is 0.833 bits per heavy atom. The topological polar surface area (TPSA) is 228 Å². The molecule has 4 fully saturated rings. The van der Waals surface area contributed by atoms with Crippen molar-refractivity contribution in [2.75, 3.05) is 26.9 Å². The number of ether oxygens (including phenoxy) is 9. The first kappa shape index (κ1) is 57.2. The molecule has 4 heterocycles. The molecule has 0 spiro atoms. The number of hydrogen-bond acceptors (Lipinski definition) is 18. The Hall–Kier alpha value is -4.08. The fourth-order valence-electron chi connectivity index (χ4n) is 9.81. The minimum atomic E-state index is -3.32. The van der Waals surface area contributed by atoms with Crippen molar-refractivity contribution in [3.63, 3.8) is 0 Å². The molecule has 0 aromatic heterocycles. The largest absolute Gasteiger partial charge is 0.465 e. The summed E-state index contributed by atoms with van der Waals surface area (Å²) in [6.07, 6.45) is -14.1. The molecule has 0 unspecified atom stereocenters. The molecule has 0 saturated carbocycles. The van der Waals surface area contributed by atoms with E-state index in [0.29, 0.717) is 6.04 Å². The Morgan fingerprint density at radius 2 is 1.39 bits per heavy atom. The number of hydrogen-bond donors (Lipinski definition) is 2. The molecule has 0 radical (unpaired) electrons. The zero-order valence-electron chi connectivity index (χ0n) is 43.8. The summed E-state index contributed by atoms with van der Waals surface area (Å²) in [5, 5.41) is 15.1. The highest BCUT2D eigenvalue weighted by molar-refractivity contribution is 6.84. The van der Waals surface area contributed by atoms with Crippen LogP contribution in [0.5, 0.6) is 0 Å². The van der Waals surface area contributed by atoms with Gasteiger partial charge in [-0.3, -0.25) is 4.79 Å². The van der Waals surface area contributed by atoms with Crippen molar-refractivity contribution in [2.45, 2.75) is 184 Å². The molecule has 22 heteroatoms. The quantitative estimate of drug-likeness (QED) is 0.0827. The summed E-state index contributed by atoms with van der Waals surface area (Å²) in [5.41, 5.74) is 0.0834. The number of carbonyl (C=O) groups excluding carboxylic acids is 5. The van der Waals surface area contributed by atoms with Gasteiger partial charge in [-0.15, -0.1) is 0 Å². The highest BCUT2D eigenvalue weighted by Crippen LogP contribution is 2.48. The van der Waals surface area contributed by atoms with Crippen LogP contribution in [0.25, 0.3) is 0 Å². The predicted molar refractivity (Wildman–Crippen MR) is 267 cm³/mol. The van der Waals surface area contributed by atoms with Crippen molar-refractivity contribution in [2.24, 2.45) is 0 Å². The highest BCUT2D eigenvalue weighted by Gasteiger charge is 2.65. The lowest BCUT2D eigenvalue weighted by Crippen LogP contribution is -2.67. The summed E-state index contributed by atoms with van der Waals surface area (Å²) in [6, 6.07) is 15.8. The van der Waals surface area contributed by atoms with Gasteiger partial charge in [0.05, 0.1) is 43.9 Å². The van der Waals surface area contributed by atoms with Crippen molar-refractivity contribution in [1.29, 1.82) is 0 Å². The van der Waals surface area contributed by atoms with E-state index in [1.54, 1.807) is 48.5 Å². The van der Waals surface area contributed by atoms with Gasteiger partial charge in [-0.05, 0) is 52.5 Å². The van der Waals surface area contributed by atoms with Gasteiger partial charge in [-0.25, -0.2) is 19.2 Å². The number of aliphatic hydroxyl groups excluding tert-OH is 1. The minimum Gasteiger partial charge on any atom is -0.465 e. The Morgan fingerprint density at radius 3 is 1.90 bits per heavy atom. The smallest absolute Gasteiger partial charge is 0.407 e. The molecule has 2 N–H and O–H groups in total. The first-order valence-corrected chi connectivity index (χ1v) is 32.6. The van der Waals surface area contributed by atoms with Gasteiger partial charge < -0.3 is 66.0 Å². The van der Waals surface area contributed by atoms with Crippen LogP contribution in [-0.4, -0.2) is 154 Å². The Bertz CT molecular complexity index is 2160. The molecule has 2 aromatic rings. The molecular formula is C50H75NO18Si3. The van der Waals surface area contributed by atoms with Gasteiger partial charge in [0.15, 0.2) is 24.6 Å². The normalized spacial score (nSPS) is 29.6. The monoisotopic (exact) mass is 1060 g/mol. The van der Waals surface area contributed by atoms with Crippen molar-refractivity contribution in [3.05, 3.63) is 71.8 Å². The number of benzene rings is 2. The number of esters is 4. The van der Waals surface area contributed by atoms with E-state index in [2.05, 4.69) is 52.7 Å². The summed E-state index contributed by atoms with van der Waals surface area (Å²) < 4.78 is 76.8. The molecule has 19 nitrogen and oxygen atoms in total. The number of aliphatic hydroxyl groups is 1. The number of amides is 1. The molecule has 4 aliphatic rings. The standard InChI is InChI=1S/C50H75NO18Si3/c1-29(2)71(30(3)4)61-28-38(68-72(69-71,31(5)6)32(7)8)41(62-33(9)52)42-39-36(64-49(57)51-39)26-50(67-42,48(56)58-10)60-27-37-40(53)43(65-45(54)34-20-16-14-17-21-34)44(47(63-37)59-24-25-70(11,12)13)66-46(55)35-22-18-15-19-23-35/h14-23,29-32,36-44,47,53H,24-28H2,1-13H3,(H,51,57)/t36-,37+,38+,39+,40-,41+,42+,43-,44+,47+,50+/m0/s1. The Balaban J connectivity index is 1.39. The van der Waals surface area contributed by atoms with Gasteiger partial charge in [-0.1, -0.05) is 111 Å². The third kappa shape index (κ3) is 12.7. The van der Waals surface area contributed by atoms with E-state index in [9.17, 15) is 29.1 Å². The van der Waals surface area contributed by atoms with Gasteiger partial charge in [0.1, 0.15) is 30.5 Å². The van der Waals surface area contributed by atoms with Gasteiger partial charge in [0, 0.05) is 21.6 Å². The lowest BCUT2D eigenvalue weighted by Gasteiger charge is -2.48. The van der Waals surface area contributed by atoms with Crippen LogP contribution in [0.15, 0.2) is 60.7 Å². The summed E-state index contributed by atoms with van der Waals surface area (Å²) in [4.78, 5) is 68.4. The van der Waals surface area contributed by atoms with Crippen LogP contribution in [0.2, 0.25) is 47.8 Å². The first-order chi connectivity index (χ1) is 33.9. The van der Waals surface area contributed by atoms with Gasteiger partial charge in [0.2, 0.25) is 0 Å². The second-order valence-electron chi connectivity index (χ2n) is 21.3. The van der Waals surface area contributed by atoms with Gasteiger partial charge >= 0.3 is 47.1 Å². The third-order valence-corrected chi connectivity index (χ3v) is 25.7. The molecule has 0 aliphatic carbocycles. The van der Waals surface area contributed by atoms with E-state index in [-0.39, 0.29) is 46.5 Å². The summed E-state index contributed by atoms with van der Waals surface area (Å²) in [5.74, 6) is -5.86. The van der Waals surface area contributed by atoms with Crippen molar-refractivity contribution < 1.29 is 84.7 Å². The van der Waals surface area contributed by atoms with Crippen LogP contribution in [0.3, 0.4) is 0 Å². The van der Waals surface area contributed by atoms with Gasteiger partial charge in [0.25, 0.3) is 5.79 Å². The lowest BCUT2D eigenvalue weighted by molar-refractivity contribution is -0.335. The number of fused-ring (bicyclic) bond motifs is 1. The molecule has 11 atom stereocenters. The molecule has 2 aromatic carbocycles. The maximum atomic E-state index is 14.4. The van der Waals surface area contributed by atoms with Crippen LogP contribution in [0.1, 0.15) is 89.5 Å². The lowest BCUT2D eigenvalue weighted by atomic mass is 9.89. The van der Waals surface area contributed by atoms with Crippen molar-refractivity contribution in [3.8, 4) is 0 Å². The second-order valence-corrected chi connectivity index (χ2v) is 35.8. The summed E-state index contributed by atoms with van der Waals surface area (Å²) in [6.45, 7) is 23.5. The van der Waals surface area contributed by atoms with E-state index in [1.807, 2.05) is 27.7 Å². The van der Waals surface area contributed by atoms with Crippen LogP contribution in [-0.2, 0) is 65.2 Å². The van der Waals surface area contributed by atoms with Crippen molar-refractivity contribution in [1.82, 2.24) is 5.32 Å². The number of nitrogens with one attached hydrogen (secondary N) is 1. The highest BCUT2D eigenvalue weighted by atomic mass is 28.5. The SMILES string of the molecule is COC(=O)[C@@]1(OC[C@H]2O[C@@H](OCC[Si](C)(C)C)[C@H](OC(=O)c3ccccc3)[C@@H](OC(=O)c3ccccc3)[C@H]2O)C[C@@H]2OC(=O)N[C@H]2[C@H]([C@H](OC(C)=O)[C@H]2CO[Si](C(C)C)(C(C)C)O[Si](C(C)C)(C(C)C)O2)O1. The second kappa shape index (κ2) is 23.6. The molecule has 1 amide bonds. The fourth-order valence-corrected chi connectivity index (χ4v) is 21.7. The molecule has 0 bridgehead atoms. The molecule has 4 aliphatic heterocycles.